The number of hydrogen-bond acceptors (Lipinski definition) is 4. The van der Waals surface area contributed by atoms with Gasteiger partial charge in [-0.05, 0) is 46.7 Å². The molecular weight excluding hydrogens is 330 g/mol. The average molecular weight is 348 g/mol. The van der Waals surface area contributed by atoms with Crippen LogP contribution in [-0.2, 0) is 10.0 Å². The van der Waals surface area contributed by atoms with E-state index in [2.05, 4.69) is 32.6 Å². The average Bonchev–Trinajstić information content (AvgIpc) is 3.11. The highest BCUT2D eigenvalue weighted by molar-refractivity contribution is 9.10. The fraction of sp³-hybridized carbons (Fsp3) is 0.583. The van der Waals surface area contributed by atoms with Crippen molar-refractivity contribution in [3.05, 3.63) is 16.7 Å². The Morgan fingerprint density at radius 1 is 1.53 bits per heavy atom. The summed E-state index contributed by atoms with van der Waals surface area (Å²) in [5.74, 6) is 0.0241. The van der Waals surface area contributed by atoms with Gasteiger partial charge < -0.3 is 5.73 Å². The number of pyridine rings is 1. The first kappa shape index (κ1) is 14.7. The third-order valence-electron chi connectivity index (χ3n) is 3.51. The van der Waals surface area contributed by atoms with E-state index in [4.69, 9.17) is 5.73 Å². The highest BCUT2D eigenvalue weighted by Gasteiger charge is 2.42. The van der Waals surface area contributed by atoms with Crippen LogP contribution in [0.25, 0.3) is 0 Å². The van der Waals surface area contributed by atoms with Crippen LogP contribution in [0.4, 0.5) is 5.82 Å². The van der Waals surface area contributed by atoms with E-state index < -0.39 is 10.0 Å². The third-order valence-corrected chi connectivity index (χ3v) is 5.38. The van der Waals surface area contributed by atoms with Crippen LogP contribution in [0.5, 0.6) is 0 Å². The lowest BCUT2D eigenvalue weighted by Crippen LogP contribution is -2.31. The molecule has 19 heavy (non-hydrogen) atoms. The molecule has 0 aromatic carbocycles. The van der Waals surface area contributed by atoms with Gasteiger partial charge in [-0.1, -0.05) is 13.3 Å². The van der Waals surface area contributed by atoms with Gasteiger partial charge in [-0.15, -0.1) is 0 Å². The predicted molar refractivity (Wildman–Crippen MR) is 78.1 cm³/mol. The number of hydrogen-bond donors (Lipinski definition) is 2. The lowest BCUT2D eigenvalue weighted by molar-refractivity contribution is 0.449. The van der Waals surface area contributed by atoms with Gasteiger partial charge >= 0.3 is 0 Å². The number of nitrogens with two attached hydrogens (primary N) is 1. The number of sulfonamides is 1. The Morgan fingerprint density at radius 3 is 2.79 bits per heavy atom. The molecule has 0 aliphatic heterocycles. The number of halogens is 1. The molecule has 0 radical (unpaired) electrons. The normalized spacial score (nSPS) is 17.4. The maximum Gasteiger partial charge on any atom is 0.244 e. The van der Waals surface area contributed by atoms with Crippen molar-refractivity contribution >= 4 is 31.8 Å². The zero-order valence-corrected chi connectivity index (χ0v) is 13.2. The Morgan fingerprint density at radius 2 is 2.21 bits per heavy atom. The fourth-order valence-corrected chi connectivity index (χ4v) is 3.94. The Kier molecular flexibility index (Phi) is 4.17. The number of nitrogens with one attached hydrogen (secondary N) is 1. The fourth-order valence-electron chi connectivity index (χ4n) is 2.19. The van der Waals surface area contributed by atoms with Gasteiger partial charge in [-0.2, -0.15) is 0 Å². The molecule has 0 spiro atoms. The van der Waals surface area contributed by atoms with Crippen molar-refractivity contribution < 1.29 is 8.42 Å². The van der Waals surface area contributed by atoms with Crippen LogP contribution < -0.4 is 10.5 Å². The summed E-state index contributed by atoms with van der Waals surface area (Å²) in [5, 5.41) is 0. The molecule has 1 aromatic heterocycles. The molecule has 0 bridgehead atoms. The molecule has 7 heteroatoms. The second-order valence-corrected chi connectivity index (χ2v) is 7.76. The zero-order valence-electron chi connectivity index (χ0n) is 10.8. The van der Waals surface area contributed by atoms with Gasteiger partial charge in [0.1, 0.15) is 10.7 Å². The van der Waals surface area contributed by atoms with Crippen LogP contribution in [0.3, 0.4) is 0 Å². The van der Waals surface area contributed by atoms with Crippen molar-refractivity contribution in [3.8, 4) is 0 Å². The molecule has 106 valence electrons. The summed E-state index contributed by atoms with van der Waals surface area (Å²) in [6, 6.07) is 1.48. The smallest absolute Gasteiger partial charge is 0.244 e. The molecule has 1 fully saturated rings. The van der Waals surface area contributed by atoms with Crippen LogP contribution in [0, 0.1) is 5.41 Å². The summed E-state index contributed by atoms with van der Waals surface area (Å²) >= 11 is 3.21. The minimum atomic E-state index is -3.59. The monoisotopic (exact) mass is 347 g/mol. The van der Waals surface area contributed by atoms with Crippen LogP contribution in [0.15, 0.2) is 21.6 Å². The van der Waals surface area contributed by atoms with Crippen LogP contribution in [0.2, 0.25) is 0 Å². The molecule has 1 saturated carbocycles. The van der Waals surface area contributed by atoms with Gasteiger partial charge in [0.25, 0.3) is 0 Å². The lowest BCUT2D eigenvalue weighted by atomic mass is 10.0. The van der Waals surface area contributed by atoms with E-state index in [-0.39, 0.29) is 16.1 Å². The maximum atomic E-state index is 12.2. The molecule has 1 aliphatic carbocycles. The summed E-state index contributed by atoms with van der Waals surface area (Å²) < 4.78 is 27.7. The van der Waals surface area contributed by atoms with Crippen molar-refractivity contribution in [2.75, 3.05) is 12.3 Å². The minimum absolute atomic E-state index is 0.0241. The number of aromatic nitrogens is 1. The first-order valence-electron chi connectivity index (χ1n) is 6.29. The van der Waals surface area contributed by atoms with Gasteiger partial charge in [-0.25, -0.2) is 18.1 Å². The lowest BCUT2D eigenvalue weighted by Gasteiger charge is -2.15. The molecule has 3 N–H and O–H groups in total. The minimum Gasteiger partial charge on any atom is -0.383 e. The summed E-state index contributed by atoms with van der Waals surface area (Å²) in [4.78, 5) is 3.89. The summed E-state index contributed by atoms with van der Waals surface area (Å²) in [6.45, 7) is 2.60. The second kappa shape index (κ2) is 5.38. The maximum absolute atomic E-state index is 12.2. The van der Waals surface area contributed by atoms with Crippen molar-refractivity contribution in [1.29, 1.82) is 0 Å². The Hall–Kier alpha value is -0.660. The molecule has 0 atom stereocenters. The van der Waals surface area contributed by atoms with Crippen molar-refractivity contribution in [3.63, 3.8) is 0 Å². The van der Waals surface area contributed by atoms with Gasteiger partial charge in [-0.3, -0.25) is 0 Å². The van der Waals surface area contributed by atoms with E-state index in [0.29, 0.717) is 11.0 Å². The molecule has 5 nitrogen and oxygen atoms in total. The van der Waals surface area contributed by atoms with Crippen molar-refractivity contribution in [1.82, 2.24) is 9.71 Å². The molecule has 1 aliphatic rings. The molecular formula is C12H18BrN3O2S. The van der Waals surface area contributed by atoms with E-state index in [1.54, 1.807) is 0 Å². The highest BCUT2D eigenvalue weighted by Crippen LogP contribution is 2.49. The van der Waals surface area contributed by atoms with E-state index in [9.17, 15) is 8.42 Å². The quantitative estimate of drug-likeness (QED) is 0.826. The highest BCUT2D eigenvalue weighted by atomic mass is 79.9. The first-order valence-corrected chi connectivity index (χ1v) is 8.57. The summed E-state index contributed by atoms with van der Waals surface area (Å²) in [5.41, 5.74) is 5.80. The van der Waals surface area contributed by atoms with Gasteiger partial charge in [0.2, 0.25) is 10.0 Å². The van der Waals surface area contributed by atoms with Crippen molar-refractivity contribution in [2.45, 2.75) is 37.5 Å². The number of nitrogen functional groups attached to an aromatic ring is 1. The van der Waals surface area contributed by atoms with Crippen molar-refractivity contribution in [2.24, 2.45) is 5.41 Å². The topological polar surface area (TPSA) is 85.1 Å². The predicted octanol–water partition coefficient (Wildman–Crippen LogP) is 2.28. The second-order valence-electron chi connectivity index (χ2n) is 5.11. The van der Waals surface area contributed by atoms with Crippen LogP contribution in [-0.4, -0.2) is 19.9 Å². The molecule has 0 unspecified atom stereocenters. The largest absolute Gasteiger partial charge is 0.383 e. The van der Waals surface area contributed by atoms with Gasteiger partial charge in [0.05, 0.1) is 0 Å². The molecule has 1 heterocycles. The first-order chi connectivity index (χ1) is 8.88. The summed E-state index contributed by atoms with van der Waals surface area (Å²) in [7, 11) is -3.59. The summed E-state index contributed by atoms with van der Waals surface area (Å²) in [6.07, 6.45) is 5.79. The standard InChI is InChI=1S/C12H18BrN3O2S/c1-2-3-12(4-5-12)8-16-19(17,18)10-6-9(13)7-15-11(10)14/h6-7,16H,2-5,8H2,1H3,(H2,14,15). The van der Waals surface area contributed by atoms with Gasteiger partial charge in [0.15, 0.2) is 0 Å². The number of anilines is 1. The number of rotatable bonds is 6. The Labute approximate surface area is 122 Å². The Bertz CT molecular complexity index is 570. The third kappa shape index (κ3) is 3.46. The van der Waals surface area contributed by atoms with Crippen LogP contribution >= 0.6 is 15.9 Å². The molecule has 2 rings (SSSR count). The molecule has 0 amide bonds. The number of nitrogens with zero attached hydrogens (tertiary/aromatic N) is 1. The van der Waals surface area contributed by atoms with Crippen LogP contribution in [0.1, 0.15) is 32.6 Å². The molecule has 1 aromatic rings. The van der Waals surface area contributed by atoms with Gasteiger partial charge in [0, 0.05) is 17.2 Å². The zero-order chi connectivity index (χ0) is 14.1. The van der Waals surface area contributed by atoms with E-state index in [1.165, 1.54) is 12.3 Å². The van der Waals surface area contributed by atoms with E-state index in [0.717, 1.165) is 25.7 Å². The van der Waals surface area contributed by atoms with E-state index >= 15 is 0 Å². The Balaban J connectivity index is 2.12. The van der Waals surface area contributed by atoms with E-state index in [1.807, 2.05) is 0 Å². The SMILES string of the molecule is CCCC1(CNS(=O)(=O)c2cc(Br)cnc2N)CC1. The molecule has 0 saturated heterocycles.